The van der Waals surface area contributed by atoms with Crippen LogP contribution < -0.4 is 5.73 Å². The number of thioether (sulfide) groups is 2. The van der Waals surface area contributed by atoms with Crippen molar-refractivity contribution in [2.24, 2.45) is 5.73 Å². The Morgan fingerprint density at radius 1 is 0.824 bits per heavy atom. The molecule has 0 saturated carbocycles. The van der Waals surface area contributed by atoms with Gasteiger partial charge >= 0.3 is 0 Å². The van der Waals surface area contributed by atoms with Crippen molar-refractivity contribution in [3.8, 4) is 0 Å². The van der Waals surface area contributed by atoms with Gasteiger partial charge in [-0.25, -0.2) is 0 Å². The summed E-state index contributed by atoms with van der Waals surface area (Å²) < 4.78 is 0. The molecule has 6 nitrogen and oxygen atoms in total. The summed E-state index contributed by atoms with van der Waals surface area (Å²) in [5.41, 5.74) is 8.30. The number of hydrogen-bond acceptors (Lipinski definition) is 6. The molecule has 2 heterocycles. The molecule has 3 rings (SSSR count). The Balaban J connectivity index is 1.70. The second-order valence-corrected chi connectivity index (χ2v) is 10.6. The topological polar surface area (TPSA) is 89.2 Å². The van der Waals surface area contributed by atoms with Crippen LogP contribution in [0.5, 0.6) is 0 Å². The van der Waals surface area contributed by atoms with E-state index in [2.05, 4.69) is 23.8 Å². The average Bonchev–Trinajstić information content (AvgIpc) is 2.85. The molecule has 2 unspecified atom stereocenters. The van der Waals surface area contributed by atoms with Crippen molar-refractivity contribution < 1.29 is 9.59 Å². The van der Waals surface area contributed by atoms with Crippen LogP contribution in [0.25, 0.3) is 0 Å². The van der Waals surface area contributed by atoms with Crippen LogP contribution in [0.4, 0.5) is 0 Å². The van der Waals surface area contributed by atoms with E-state index in [0.29, 0.717) is 11.1 Å². The average molecular weight is 495 g/mol. The van der Waals surface area contributed by atoms with Gasteiger partial charge in [0.25, 0.3) is 5.91 Å². The summed E-state index contributed by atoms with van der Waals surface area (Å²) in [5, 5.41) is -0.128. The minimum Gasteiger partial charge on any atom is -0.366 e. The largest absolute Gasteiger partial charge is 0.366 e. The molecule has 34 heavy (non-hydrogen) atoms. The van der Waals surface area contributed by atoms with Gasteiger partial charge in [-0.3, -0.25) is 19.6 Å². The van der Waals surface area contributed by atoms with Crippen LogP contribution in [0.1, 0.15) is 46.0 Å². The molecule has 0 fully saturated rings. The predicted octanol–water partition coefficient (Wildman–Crippen LogP) is 4.66. The molecular formula is C26H30N4O2S2. The summed E-state index contributed by atoms with van der Waals surface area (Å²) in [7, 11) is 0. The van der Waals surface area contributed by atoms with Gasteiger partial charge in [0.15, 0.2) is 0 Å². The Hall–Kier alpha value is -2.84. The Kier molecular flexibility index (Phi) is 9.97. The molecule has 0 saturated heterocycles. The van der Waals surface area contributed by atoms with Crippen LogP contribution in [0.15, 0.2) is 73.1 Å². The first-order valence-electron chi connectivity index (χ1n) is 11.2. The summed E-state index contributed by atoms with van der Waals surface area (Å²) in [6, 6.07) is 18.4. The fourth-order valence-electron chi connectivity index (χ4n) is 3.50. The molecular weight excluding hydrogens is 464 g/mol. The summed E-state index contributed by atoms with van der Waals surface area (Å²) in [6.45, 7) is 4.10. The van der Waals surface area contributed by atoms with Crippen molar-refractivity contribution in [1.82, 2.24) is 14.9 Å². The van der Waals surface area contributed by atoms with E-state index in [-0.39, 0.29) is 16.7 Å². The highest BCUT2D eigenvalue weighted by Crippen LogP contribution is 2.27. The van der Waals surface area contributed by atoms with E-state index in [1.54, 1.807) is 60.2 Å². The highest BCUT2D eigenvalue weighted by molar-refractivity contribution is 8.00. The Labute approximate surface area is 209 Å². The van der Waals surface area contributed by atoms with Crippen LogP contribution in [0, 0.1) is 0 Å². The molecule has 0 aliphatic heterocycles. The maximum absolute atomic E-state index is 13.6. The molecule has 8 heteroatoms. The third-order valence-electron chi connectivity index (χ3n) is 5.30. The first-order chi connectivity index (χ1) is 16.5. The van der Waals surface area contributed by atoms with E-state index in [9.17, 15) is 9.59 Å². The number of hydrogen-bond donors (Lipinski definition) is 1. The summed E-state index contributed by atoms with van der Waals surface area (Å²) in [5.74, 6) is 1.03. The van der Waals surface area contributed by atoms with Gasteiger partial charge in [-0.1, -0.05) is 18.2 Å². The van der Waals surface area contributed by atoms with Crippen LogP contribution >= 0.6 is 23.5 Å². The van der Waals surface area contributed by atoms with Gasteiger partial charge in [-0.15, -0.1) is 23.5 Å². The molecule has 2 atom stereocenters. The molecule has 0 radical (unpaired) electrons. The van der Waals surface area contributed by atoms with Crippen molar-refractivity contribution in [1.29, 1.82) is 0 Å². The molecule has 3 aromatic rings. The number of aryl methyl sites for hydroxylation is 2. The summed E-state index contributed by atoms with van der Waals surface area (Å²) in [6.07, 6.45) is 5.25. The Morgan fingerprint density at radius 3 is 1.82 bits per heavy atom. The lowest BCUT2D eigenvalue weighted by molar-refractivity contribution is 0.0737. The number of nitrogens with two attached hydrogens (primary N) is 1. The highest BCUT2D eigenvalue weighted by Gasteiger charge is 2.27. The second-order valence-electron chi connectivity index (χ2n) is 7.74. The maximum Gasteiger partial charge on any atom is 0.255 e. The monoisotopic (exact) mass is 494 g/mol. The zero-order valence-electron chi connectivity index (χ0n) is 19.5. The van der Waals surface area contributed by atoms with Gasteiger partial charge in [-0.05, 0) is 69.2 Å². The van der Waals surface area contributed by atoms with Gasteiger partial charge in [0.1, 0.15) is 0 Å². The van der Waals surface area contributed by atoms with Gasteiger partial charge in [0.2, 0.25) is 5.91 Å². The van der Waals surface area contributed by atoms with Crippen LogP contribution in [0.3, 0.4) is 0 Å². The third kappa shape index (κ3) is 7.60. The Morgan fingerprint density at radius 2 is 1.35 bits per heavy atom. The zero-order chi connectivity index (χ0) is 24.3. The number of aromatic nitrogens is 2. The summed E-state index contributed by atoms with van der Waals surface area (Å²) >= 11 is 3.44. The molecule has 2 aromatic heterocycles. The van der Waals surface area contributed by atoms with Crippen molar-refractivity contribution >= 4 is 35.3 Å². The van der Waals surface area contributed by atoms with Crippen molar-refractivity contribution in [2.75, 3.05) is 11.5 Å². The molecule has 0 aliphatic rings. The molecule has 2 N–H and O–H groups in total. The number of pyridine rings is 2. The van der Waals surface area contributed by atoms with Crippen molar-refractivity contribution in [3.63, 3.8) is 0 Å². The predicted molar refractivity (Wildman–Crippen MR) is 141 cm³/mol. The standard InChI is InChI=1S/C26H30N4O2S2/c1-19(33-16-12-23-10-3-5-14-28-23)30(20(2)34-17-13-24-11-4-6-15-29-24)26(32)22-9-7-8-21(18-22)25(27)31/h3-11,14-15,18-20H,12-13,16-17H2,1-2H3,(H2,27,31). The van der Waals surface area contributed by atoms with E-state index in [1.807, 2.05) is 41.3 Å². The second kappa shape index (κ2) is 13.2. The number of rotatable bonds is 12. The van der Waals surface area contributed by atoms with E-state index in [1.165, 1.54) is 0 Å². The van der Waals surface area contributed by atoms with Crippen molar-refractivity contribution in [3.05, 3.63) is 95.6 Å². The lowest BCUT2D eigenvalue weighted by Crippen LogP contribution is -2.42. The number of nitrogens with zero attached hydrogens (tertiary/aromatic N) is 3. The van der Waals surface area contributed by atoms with E-state index in [0.717, 1.165) is 35.7 Å². The number of amides is 2. The van der Waals surface area contributed by atoms with E-state index < -0.39 is 5.91 Å². The first-order valence-corrected chi connectivity index (χ1v) is 13.3. The fraction of sp³-hybridized carbons (Fsp3) is 0.308. The van der Waals surface area contributed by atoms with Crippen LogP contribution in [0.2, 0.25) is 0 Å². The zero-order valence-corrected chi connectivity index (χ0v) is 21.1. The number of carbonyl (C=O) groups is 2. The Bertz CT molecular complexity index is 1020. The normalized spacial score (nSPS) is 12.6. The SMILES string of the molecule is CC(SCCc1ccccn1)N(C(=O)c1cccc(C(N)=O)c1)C(C)SCCc1ccccn1. The smallest absolute Gasteiger partial charge is 0.255 e. The minimum absolute atomic E-state index is 0.0641. The van der Waals surface area contributed by atoms with Gasteiger partial charge < -0.3 is 10.6 Å². The molecule has 2 amide bonds. The molecule has 0 spiro atoms. The molecule has 0 aliphatic carbocycles. The fourth-order valence-corrected chi connectivity index (χ4v) is 5.79. The quantitative estimate of drug-likeness (QED) is 0.368. The molecule has 1 aromatic carbocycles. The minimum atomic E-state index is -0.545. The van der Waals surface area contributed by atoms with E-state index in [4.69, 9.17) is 5.73 Å². The van der Waals surface area contributed by atoms with Crippen LogP contribution in [-0.2, 0) is 12.8 Å². The molecule has 0 bridgehead atoms. The number of benzene rings is 1. The highest BCUT2D eigenvalue weighted by atomic mass is 32.2. The van der Waals surface area contributed by atoms with Gasteiger partial charge in [0, 0.05) is 46.4 Å². The molecule has 178 valence electrons. The van der Waals surface area contributed by atoms with Gasteiger partial charge in [0.05, 0.1) is 10.7 Å². The first kappa shape index (κ1) is 25.8. The number of primary amides is 1. The van der Waals surface area contributed by atoms with E-state index >= 15 is 0 Å². The summed E-state index contributed by atoms with van der Waals surface area (Å²) in [4.78, 5) is 35.9. The van der Waals surface area contributed by atoms with Crippen LogP contribution in [-0.4, -0.2) is 48.9 Å². The lowest BCUT2D eigenvalue weighted by Gasteiger charge is -2.34. The van der Waals surface area contributed by atoms with Gasteiger partial charge in [-0.2, -0.15) is 0 Å². The maximum atomic E-state index is 13.6. The third-order valence-corrected chi connectivity index (χ3v) is 7.60. The number of carbonyl (C=O) groups excluding carboxylic acids is 2. The lowest BCUT2D eigenvalue weighted by atomic mass is 10.1. The van der Waals surface area contributed by atoms with Crippen molar-refractivity contribution in [2.45, 2.75) is 37.4 Å².